The second kappa shape index (κ2) is 8.52. The van der Waals surface area contributed by atoms with Gasteiger partial charge >= 0.3 is 0 Å². The summed E-state index contributed by atoms with van der Waals surface area (Å²) in [5.41, 5.74) is 4.12. The van der Waals surface area contributed by atoms with E-state index in [4.69, 9.17) is 27.9 Å². The molecule has 3 aromatic carbocycles. The first-order valence-electron chi connectivity index (χ1n) is 8.60. The number of hydrogen-bond donors (Lipinski definition) is 1. The molecule has 1 aliphatic rings. The summed E-state index contributed by atoms with van der Waals surface area (Å²) >= 11 is 19.1. The van der Waals surface area contributed by atoms with Crippen LogP contribution in [0.15, 0.2) is 63.5 Å². The lowest BCUT2D eigenvalue weighted by Crippen LogP contribution is -2.03. The van der Waals surface area contributed by atoms with E-state index in [0.717, 1.165) is 31.3 Å². The van der Waals surface area contributed by atoms with Gasteiger partial charge in [-0.3, -0.25) is 4.79 Å². The Labute approximate surface area is 194 Å². The molecule has 0 aliphatic carbocycles. The molecule has 0 radical (unpaired) electrons. The van der Waals surface area contributed by atoms with E-state index < -0.39 is 0 Å². The quantitative estimate of drug-likeness (QED) is 0.338. The van der Waals surface area contributed by atoms with E-state index >= 15 is 0 Å². The van der Waals surface area contributed by atoms with Crippen LogP contribution in [-0.4, -0.2) is 5.91 Å². The molecule has 1 N–H and O–H groups in total. The van der Waals surface area contributed by atoms with Gasteiger partial charge in [0.15, 0.2) is 0 Å². The number of para-hydroxylation sites is 1. The normalized spacial score (nSPS) is 14.1. The average molecular weight is 554 g/mol. The summed E-state index contributed by atoms with van der Waals surface area (Å²) in [6.07, 6.45) is 1.86. The summed E-state index contributed by atoms with van der Waals surface area (Å²) in [7, 11) is 0. The largest absolute Gasteiger partial charge is 0.487 e. The average Bonchev–Trinajstić information content (AvgIpc) is 2.99. The molecule has 3 nitrogen and oxygen atoms in total. The van der Waals surface area contributed by atoms with Crippen molar-refractivity contribution >= 4 is 78.3 Å². The summed E-state index contributed by atoms with van der Waals surface area (Å²) in [6, 6.07) is 16.8. The Morgan fingerprint density at radius 3 is 2.41 bits per heavy atom. The van der Waals surface area contributed by atoms with Gasteiger partial charge in [0, 0.05) is 16.8 Å². The molecule has 0 atom stereocenters. The highest BCUT2D eigenvalue weighted by molar-refractivity contribution is 9.11. The van der Waals surface area contributed by atoms with E-state index in [9.17, 15) is 4.79 Å². The molecule has 0 bridgehead atoms. The maximum atomic E-state index is 12.3. The van der Waals surface area contributed by atoms with Gasteiger partial charge in [-0.2, -0.15) is 0 Å². The molecule has 146 valence electrons. The van der Waals surface area contributed by atoms with Gasteiger partial charge in [0.2, 0.25) is 0 Å². The molecule has 1 aliphatic heterocycles. The fourth-order valence-electron chi connectivity index (χ4n) is 3.03. The van der Waals surface area contributed by atoms with Gasteiger partial charge < -0.3 is 10.1 Å². The van der Waals surface area contributed by atoms with Crippen LogP contribution in [0.2, 0.25) is 10.0 Å². The number of nitrogens with one attached hydrogen (secondary N) is 1. The maximum absolute atomic E-state index is 12.3. The molecule has 0 saturated carbocycles. The molecule has 0 saturated heterocycles. The van der Waals surface area contributed by atoms with E-state index in [1.54, 1.807) is 12.1 Å². The third-order valence-corrected chi connectivity index (χ3v) is 6.33. The predicted octanol–water partition coefficient (Wildman–Crippen LogP) is 7.59. The van der Waals surface area contributed by atoms with Crippen LogP contribution in [0.25, 0.3) is 11.6 Å². The van der Waals surface area contributed by atoms with E-state index in [2.05, 4.69) is 37.2 Å². The summed E-state index contributed by atoms with van der Waals surface area (Å²) in [5, 5.41) is 3.88. The Hall–Kier alpha value is -1.79. The van der Waals surface area contributed by atoms with Crippen LogP contribution in [0.5, 0.6) is 5.75 Å². The van der Waals surface area contributed by atoms with Gasteiger partial charge in [0.1, 0.15) is 12.4 Å². The molecular formula is C22H13Br2Cl2NO2. The highest BCUT2D eigenvalue weighted by atomic mass is 79.9. The number of fused-ring (bicyclic) bond motifs is 1. The zero-order chi connectivity index (χ0) is 20.5. The van der Waals surface area contributed by atoms with Crippen LogP contribution < -0.4 is 10.1 Å². The Kier molecular flexibility index (Phi) is 6.02. The lowest BCUT2D eigenvalue weighted by atomic mass is 10.0. The van der Waals surface area contributed by atoms with Gasteiger partial charge in [0.25, 0.3) is 5.91 Å². The SMILES string of the molecule is O=C1Nc2ccccc2/C1=C/c1cc(Br)c(OCc2ccc(Cl)c(Cl)c2)c(Br)c1. The summed E-state index contributed by atoms with van der Waals surface area (Å²) < 4.78 is 7.49. The molecule has 3 aromatic rings. The molecule has 0 spiro atoms. The molecule has 4 rings (SSSR count). The number of halogens is 4. The molecule has 0 unspecified atom stereocenters. The second-order valence-corrected chi connectivity index (χ2v) is 8.93. The highest BCUT2D eigenvalue weighted by Gasteiger charge is 2.23. The number of amides is 1. The molecular weight excluding hydrogens is 541 g/mol. The number of hydrogen-bond acceptors (Lipinski definition) is 2. The van der Waals surface area contributed by atoms with Crippen LogP contribution in [0.3, 0.4) is 0 Å². The monoisotopic (exact) mass is 551 g/mol. The second-order valence-electron chi connectivity index (χ2n) is 6.41. The summed E-state index contributed by atoms with van der Waals surface area (Å²) in [6.45, 7) is 0.338. The van der Waals surface area contributed by atoms with Crippen LogP contribution in [0.4, 0.5) is 5.69 Å². The Morgan fingerprint density at radius 1 is 0.966 bits per heavy atom. The minimum atomic E-state index is -0.113. The number of carbonyl (C=O) groups is 1. The first kappa shape index (κ1) is 20.5. The Morgan fingerprint density at radius 2 is 1.69 bits per heavy atom. The molecule has 29 heavy (non-hydrogen) atoms. The van der Waals surface area contributed by atoms with Crippen molar-refractivity contribution in [2.24, 2.45) is 0 Å². The lowest BCUT2D eigenvalue weighted by molar-refractivity contribution is -0.110. The summed E-state index contributed by atoms with van der Waals surface area (Å²) in [5.74, 6) is 0.549. The predicted molar refractivity (Wildman–Crippen MR) is 126 cm³/mol. The van der Waals surface area contributed by atoms with E-state index in [1.807, 2.05) is 48.5 Å². The number of ether oxygens (including phenoxy) is 1. The van der Waals surface area contributed by atoms with Gasteiger partial charge in [-0.1, -0.05) is 47.5 Å². The molecule has 1 heterocycles. The van der Waals surface area contributed by atoms with E-state index in [0.29, 0.717) is 28.0 Å². The van der Waals surface area contributed by atoms with Crippen LogP contribution in [0.1, 0.15) is 16.7 Å². The third kappa shape index (κ3) is 4.38. The molecule has 0 aromatic heterocycles. The number of anilines is 1. The van der Waals surface area contributed by atoms with Gasteiger partial charge in [-0.25, -0.2) is 0 Å². The molecule has 0 fully saturated rings. The first-order valence-corrected chi connectivity index (χ1v) is 10.9. The Balaban J connectivity index is 1.59. The van der Waals surface area contributed by atoms with Gasteiger partial charge in [-0.05, 0) is 79.4 Å². The standard InChI is InChI=1S/C22H13Br2Cl2NO2/c23-16-8-13(7-15-14-3-1-2-4-20(14)27-22(15)28)9-17(24)21(16)29-11-12-5-6-18(25)19(26)10-12/h1-10H,11H2,(H,27,28)/b15-7-. The maximum Gasteiger partial charge on any atom is 0.256 e. The van der Waals surface area contributed by atoms with Crippen molar-refractivity contribution in [2.75, 3.05) is 5.32 Å². The smallest absolute Gasteiger partial charge is 0.256 e. The van der Waals surface area contributed by atoms with E-state index in [-0.39, 0.29) is 5.91 Å². The van der Waals surface area contributed by atoms with Crippen molar-refractivity contribution in [3.05, 3.63) is 90.3 Å². The van der Waals surface area contributed by atoms with Gasteiger partial charge in [-0.15, -0.1) is 0 Å². The fraction of sp³-hybridized carbons (Fsp3) is 0.0455. The topological polar surface area (TPSA) is 38.3 Å². The van der Waals surface area contributed by atoms with Crippen molar-refractivity contribution in [2.45, 2.75) is 6.61 Å². The fourth-order valence-corrected chi connectivity index (χ4v) is 4.81. The number of benzene rings is 3. The molecule has 1 amide bonds. The number of carbonyl (C=O) groups excluding carboxylic acids is 1. The van der Waals surface area contributed by atoms with Crippen LogP contribution >= 0.6 is 55.1 Å². The highest BCUT2D eigenvalue weighted by Crippen LogP contribution is 2.38. The van der Waals surface area contributed by atoms with Crippen molar-refractivity contribution in [3.8, 4) is 5.75 Å². The van der Waals surface area contributed by atoms with E-state index in [1.165, 1.54) is 0 Å². The van der Waals surface area contributed by atoms with Crippen molar-refractivity contribution in [1.82, 2.24) is 0 Å². The van der Waals surface area contributed by atoms with Crippen molar-refractivity contribution in [3.63, 3.8) is 0 Å². The molecule has 7 heteroatoms. The minimum absolute atomic E-state index is 0.113. The lowest BCUT2D eigenvalue weighted by Gasteiger charge is -2.12. The minimum Gasteiger partial charge on any atom is -0.487 e. The zero-order valence-corrected chi connectivity index (χ0v) is 19.5. The van der Waals surface area contributed by atoms with Crippen LogP contribution in [0, 0.1) is 0 Å². The Bertz CT molecular complexity index is 1140. The van der Waals surface area contributed by atoms with Crippen molar-refractivity contribution in [1.29, 1.82) is 0 Å². The zero-order valence-electron chi connectivity index (χ0n) is 14.8. The van der Waals surface area contributed by atoms with Crippen LogP contribution in [-0.2, 0) is 11.4 Å². The number of rotatable bonds is 4. The van der Waals surface area contributed by atoms with Gasteiger partial charge in [0.05, 0.1) is 19.0 Å². The summed E-state index contributed by atoms with van der Waals surface area (Å²) in [4.78, 5) is 12.3. The first-order chi connectivity index (χ1) is 13.9. The van der Waals surface area contributed by atoms with Crippen molar-refractivity contribution < 1.29 is 9.53 Å². The third-order valence-electron chi connectivity index (χ3n) is 4.41.